The molecule has 0 saturated heterocycles. The molecule has 1 N–H and O–H groups in total. The summed E-state index contributed by atoms with van der Waals surface area (Å²) in [7, 11) is 2.05. The minimum Gasteiger partial charge on any atom is -0.413 e. The highest BCUT2D eigenvalue weighted by Gasteiger charge is 2.29. The number of nitrogens with zero attached hydrogens (tertiary/aromatic N) is 1. The number of hydrogen-bond donors (Lipinski definition) is 1. The number of carbonyl (C=O) groups is 1. The number of rotatable bonds is 6. The van der Waals surface area contributed by atoms with Crippen molar-refractivity contribution in [2.75, 3.05) is 0 Å². The Hall–Kier alpha value is -2.98. The van der Waals surface area contributed by atoms with Gasteiger partial charge in [-0.1, -0.05) is 36.4 Å². The average Bonchev–Trinajstić information content (AvgIpc) is 2.65. The molecule has 0 atom stereocenters. The minimum absolute atomic E-state index is 0.0418. The Kier molecular flexibility index (Phi) is 5.61. The summed E-state index contributed by atoms with van der Waals surface area (Å²) in [4.78, 5) is 17.0. The van der Waals surface area contributed by atoms with Gasteiger partial charge < -0.3 is 4.84 Å². The third-order valence-electron chi connectivity index (χ3n) is 4.79. The van der Waals surface area contributed by atoms with E-state index in [4.69, 9.17) is 4.84 Å². The van der Waals surface area contributed by atoms with Crippen molar-refractivity contribution >= 4 is 16.6 Å². The summed E-state index contributed by atoms with van der Waals surface area (Å²) in [6.45, 7) is 7.42. The van der Waals surface area contributed by atoms with Crippen LogP contribution in [0.2, 0.25) is 0 Å². The van der Waals surface area contributed by atoms with Gasteiger partial charge in [-0.3, -0.25) is 4.79 Å². The molecule has 0 aliphatic heterocycles. The Bertz CT molecular complexity index is 1050. The van der Waals surface area contributed by atoms with E-state index in [0.29, 0.717) is 5.76 Å². The molecule has 0 unspecified atom stereocenters. The maximum atomic E-state index is 11.3. The van der Waals surface area contributed by atoms with E-state index in [9.17, 15) is 4.79 Å². The van der Waals surface area contributed by atoms with Gasteiger partial charge in [-0.2, -0.15) is 0 Å². The second kappa shape index (κ2) is 7.95. The van der Waals surface area contributed by atoms with Crippen LogP contribution in [0.1, 0.15) is 33.3 Å². The summed E-state index contributed by atoms with van der Waals surface area (Å²) in [6.07, 6.45) is 3.53. The molecular formula is C24H27N2O2+. The van der Waals surface area contributed by atoms with E-state index >= 15 is 0 Å². The zero-order valence-corrected chi connectivity index (χ0v) is 17.1. The first-order chi connectivity index (χ1) is 13.3. The Morgan fingerprint density at radius 1 is 1.04 bits per heavy atom. The number of aryl methyl sites for hydroxylation is 1. The van der Waals surface area contributed by atoms with Crippen molar-refractivity contribution < 1.29 is 14.2 Å². The number of pyridine rings is 1. The van der Waals surface area contributed by atoms with E-state index in [2.05, 4.69) is 85.7 Å². The number of aromatic nitrogens is 1. The van der Waals surface area contributed by atoms with E-state index in [1.165, 1.54) is 23.8 Å². The summed E-state index contributed by atoms with van der Waals surface area (Å²) in [6, 6.07) is 18.9. The average molecular weight is 375 g/mol. The predicted molar refractivity (Wildman–Crippen MR) is 112 cm³/mol. The first-order valence-electron chi connectivity index (χ1n) is 9.40. The van der Waals surface area contributed by atoms with Crippen molar-refractivity contribution in [3.05, 3.63) is 78.2 Å². The topological polar surface area (TPSA) is 42.2 Å². The molecule has 0 saturated carbocycles. The molecule has 4 nitrogen and oxygen atoms in total. The fraction of sp³-hybridized carbons (Fsp3) is 0.250. The third kappa shape index (κ3) is 4.12. The summed E-state index contributed by atoms with van der Waals surface area (Å²) >= 11 is 0. The number of ketones is 1. The van der Waals surface area contributed by atoms with Crippen LogP contribution in [0, 0.1) is 0 Å². The minimum atomic E-state index is -0.492. The molecule has 3 rings (SSSR count). The molecule has 3 aromatic rings. The molecule has 1 aromatic heterocycles. The smallest absolute Gasteiger partial charge is 0.213 e. The van der Waals surface area contributed by atoms with Crippen molar-refractivity contribution in [1.82, 2.24) is 5.48 Å². The molecule has 0 spiro atoms. The molecule has 0 bridgehead atoms. The van der Waals surface area contributed by atoms with Gasteiger partial charge in [0, 0.05) is 18.2 Å². The van der Waals surface area contributed by atoms with Crippen LogP contribution < -0.4 is 10.0 Å². The number of hydroxylamine groups is 1. The first kappa shape index (κ1) is 19.8. The van der Waals surface area contributed by atoms with Crippen LogP contribution in [0.25, 0.3) is 22.0 Å². The molecular weight excluding hydrogens is 348 g/mol. The molecule has 28 heavy (non-hydrogen) atoms. The number of fused-ring (bicyclic) bond motifs is 1. The largest absolute Gasteiger partial charge is 0.413 e. The monoisotopic (exact) mass is 375 g/mol. The summed E-state index contributed by atoms with van der Waals surface area (Å²) in [5.41, 5.74) is 6.06. The number of carbonyl (C=O) groups excluding carboxylic acids is 1. The summed E-state index contributed by atoms with van der Waals surface area (Å²) < 4.78 is 2.13. The number of hydrogen-bond acceptors (Lipinski definition) is 3. The number of nitrogens with one attached hydrogen (secondary N) is 1. The van der Waals surface area contributed by atoms with Gasteiger partial charge in [-0.05, 0) is 50.1 Å². The van der Waals surface area contributed by atoms with Crippen molar-refractivity contribution in [2.24, 2.45) is 7.05 Å². The molecule has 144 valence electrons. The van der Waals surface area contributed by atoms with Gasteiger partial charge in [0.2, 0.25) is 5.69 Å². The predicted octanol–water partition coefficient (Wildman–Crippen LogP) is 4.58. The molecule has 4 heteroatoms. The van der Waals surface area contributed by atoms with Crippen LogP contribution in [0.3, 0.4) is 0 Å². The van der Waals surface area contributed by atoms with Crippen LogP contribution in [-0.4, -0.2) is 5.78 Å². The lowest BCUT2D eigenvalue weighted by Gasteiger charge is -2.29. The van der Waals surface area contributed by atoms with Crippen LogP contribution >= 0.6 is 0 Å². The van der Waals surface area contributed by atoms with E-state index < -0.39 is 5.54 Å². The van der Waals surface area contributed by atoms with Crippen molar-refractivity contribution in [1.29, 1.82) is 0 Å². The second-order valence-corrected chi connectivity index (χ2v) is 7.60. The lowest BCUT2D eigenvalue weighted by molar-refractivity contribution is -0.660. The quantitative estimate of drug-likeness (QED) is 0.297. The zero-order valence-electron chi connectivity index (χ0n) is 17.1. The highest BCUT2D eigenvalue weighted by atomic mass is 16.7. The second-order valence-electron chi connectivity index (χ2n) is 7.60. The van der Waals surface area contributed by atoms with E-state index in [-0.39, 0.29) is 5.78 Å². The molecule has 0 aliphatic rings. The lowest BCUT2D eigenvalue weighted by atomic mass is 9.86. The molecule has 0 aliphatic carbocycles. The fourth-order valence-corrected chi connectivity index (χ4v) is 3.43. The molecule has 0 amide bonds. The summed E-state index contributed by atoms with van der Waals surface area (Å²) in [5, 5.41) is 2.38. The fourth-order valence-electron chi connectivity index (χ4n) is 3.43. The molecule has 0 fully saturated rings. The van der Waals surface area contributed by atoms with Crippen LogP contribution in [-0.2, 0) is 22.2 Å². The van der Waals surface area contributed by atoms with Gasteiger partial charge in [-0.25, -0.2) is 4.57 Å². The lowest BCUT2D eigenvalue weighted by Crippen LogP contribution is -2.38. The Labute approximate surface area is 166 Å². The Balaban J connectivity index is 2.14. The maximum absolute atomic E-state index is 11.3. The van der Waals surface area contributed by atoms with Crippen LogP contribution in [0.15, 0.2) is 72.6 Å². The van der Waals surface area contributed by atoms with Crippen LogP contribution in [0.4, 0.5) is 0 Å². The third-order valence-corrected chi connectivity index (χ3v) is 4.79. The summed E-state index contributed by atoms with van der Waals surface area (Å²) in [5.74, 6) is 0.494. The zero-order chi connectivity index (χ0) is 20.3. The first-order valence-corrected chi connectivity index (χ1v) is 9.40. The SMILES string of the molecule is CC(=O)/C=C(/C)ONC(C)(C)c1ccc2ccccc2c1-c1cccc[n+]1C. The van der Waals surface area contributed by atoms with Crippen molar-refractivity contribution in [3.8, 4) is 11.3 Å². The number of allylic oxidation sites excluding steroid dienone is 2. The van der Waals surface area contributed by atoms with E-state index in [1.54, 1.807) is 6.92 Å². The van der Waals surface area contributed by atoms with Crippen LogP contribution in [0.5, 0.6) is 0 Å². The van der Waals surface area contributed by atoms with Gasteiger partial charge in [-0.15, -0.1) is 5.48 Å². The van der Waals surface area contributed by atoms with E-state index in [1.807, 2.05) is 6.07 Å². The van der Waals surface area contributed by atoms with Crippen molar-refractivity contribution in [3.63, 3.8) is 0 Å². The Morgan fingerprint density at radius 2 is 1.75 bits per heavy atom. The molecule has 1 heterocycles. The van der Waals surface area contributed by atoms with Gasteiger partial charge in [0.25, 0.3) is 0 Å². The standard InChI is InChI=1S/C24H27N2O2/c1-17(27)16-18(2)28-25-24(3,4)21-14-13-19-10-6-7-11-20(19)23(21)22-12-8-9-15-26(22)5/h6-16,25H,1-5H3/q+1/b18-16-. The highest BCUT2D eigenvalue weighted by molar-refractivity contribution is 5.97. The van der Waals surface area contributed by atoms with Gasteiger partial charge in [0.05, 0.1) is 11.1 Å². The maximum Gasteiger partial charge on any atom is 0.213 e. The van der Waals surface area contributed by atoms with E-state index in [0.717, 1.165) is 16.8 Å². The Morgan fingerprint density at radius 3 is 2.46 bits per heavy atom. The van der Waals surface area contributed by atoms with Gasteiger partial charge in [0.1, 0.15) is 12.8 Å². The highest BCUT2D eigenvalue weighted by Crippen LogP contribution is 2.36. The molecule has 0 radical (unpaired) electrons. The normalized spacial score (nSPS) is 12.2. The van der Waals surface area contributed by atoms with Crippen molar-refractivity contribution in [2.45, 2.75) is 33.2 Å². The van der Waals surface area contributed by atoms with Gasteiger partial charge >= 0.3 is 0 Å². The number of benzene rings is 2. The molecule has 2 aromatic carbocycles. The van der Waals surface area contributed by atoms with Gasteiger partial charge in [0.15, 0.2) is 12.0 Å².